The molecule has 0 aliphatic heterocycles. The molecule has 0 aliphatic carbocycles. The summed E-state index contributed by atoms with van der Waals surface area (Å²) in [6.07, 6.45) is 0. The van der Waals surface area contributed by atoms with Gasteiger partial charge in [0.2, 0.25) is 0 Å². The number of aromatic hydroxyl groups is 1. The molecule has 0 atom stereocenters. The molecule has 3 nitrogen and oxygen atoms in total. The van der Waals surface area contributed by atoms with E-state index in [0.29, 0.717) is 0 Å². The minimum absolute atomic E-state index is 0.154. The van der Waals surface area contributed by atoms with Crippen molar-refractivity contribution >= 4 is 21.8 Å². The van der Waals surface area contributed by atoms with Crippen LogP contribution in [0.15, 0.2) is 16.6 Å². The zero-order valence-electron chi connectivity index (χ0n) is 5.84. The fraction of sp³-hybridized carbons (Fsp3) is 0. The molecule has 5 heteroatoms. The number of nitrogens with two attached hydrogens (primary N) is 1. The van der Waals surface area contributed by atoms with Gasteiger partial charge < -0.3 is 10.8 Å². The third-order valence-electron chi connectivity index (χ3n) is 1.33. The second-order valence-corrected chi connectivity index (χ2v) is 2.92. The first-order chi connectivity index (χ1) is 5.54. The second kappa shape index (κ2) is 3.10. The van der Waals surface area contributed by atoms with E-state index in [1.165, 1.54) is 6.07 Å². The number of phenols is 1. The summed E-state index contributed by atoms with van der Waals surface area (Å²) in [6, 6.07) is 2.31. The normalized spacial score (nSPS) is 9.83. The average molecular weight is 234 g/mol. The Morgan fingerprint density at radius 1 is 1.58 bits per heavy atom. The molecule has 0 aromatic heterocycles. The van der Waals surface area contributed by atoms with Crippen molar-refractivity contribution in [2.75, 3.05) is 0 Å². The Hall–Kier alpha value is -1.10. The molecule has 1 amide bonds. The number of halogens is 2. The fourth-order valence-corrected chi connectivity index (χ4v) is 1.08. The van der Waals surface area contributed by atoms with Crippen molar-refractivity contribution in [3.63, 3.8) is 0 Å². The lowest BCUT2D eigenvalue weighted by molar-refractivity contribution is 0.0996. The molecule has 0 saturated heterocycles. The van der Waals surface area contributed by atoms with Gasteiger partial charge in [0.25, 0.3) is 5.91 Å². The quantitative estimate of drug-likeness (QED) is 0.771. The Kier molecular flexibility index (Phi) is 2.32. The van der Waals surface area contributed by atoms with E-state index >= 15 is 0 Å². The summed E-state index contributed by atoms with van der Waals surface area (Å²) < 4.78 is 12.9. The number of phenolic OH excluding ortho intramolecular Hbond substituents is 1. The molecule has 0 bridgehead atoms. The fourth-order valence-electron chi connectivity index (χ4n) is 0.730. The van der Waals surface area contributed by atoms with Crippen LogP contribution in [0.2, 0.25) is 0 Å². The smallest absolute Gasteiger partial charge is 0.251 e. The van der Waals surface area contributed by atoms with Crippen LogP contribution < -0.4 is 5.73 Å². The van der Waals surface area contributed by atoms with Crippen molar-refractivity contribution < 1.29 is 14.3 Å². The molecule has 1 aromatic rings. The maximum atomic E-state index is 13.0. The number of rotatable bonds is 1. The average Bonchev–Trinajstić information content (AvgIpc) is 2.00. The van der Waals surface area contributed by atoms with Gasteiger partial charge in [0.1, 0.15) is 5.75 Å². The van der Waals surface area contributed by atoms with E-state index in [4.69, 9.17) is 10.8 Å². The van der Waals surface area contributed by atoms with E-state index in [1.54, 1.807) is 0 Å². The molecule has 0 fully saturated rings. The Balaban J connectivity index is 3.36. The number of primary amides is 1. The van der Waals surface area contributed by atoms with Crippen LogP contribution in [0, 0.1) is 5.82 Å². The summed E-state index contributed by atoms with van der Waals surface area (Å²) in [5.41, 5.74) is 4.60. The van der Waals surface area contributed by atoms with Gasteiger partial charge in [0, 0.05) is 0 Å². The van der Waals surface area contributed by atoms with Crippen LogP contribution >= 0.6 is 15.9 Å². The van der Waals surface area contributed by atoms with Gasteiger partial charge in [-0.15, -0.1) is 0 Å². The van der Waals surface area contributed by atoms with Gasteiger partial charge in [0.05, 0.1) is 10.0 Å². The highest BCUT2D eigenvalue weighted by molar-refractivity contribution is 9.10. The molecule has 3 N–H and O–H groups in total. The summed E-state index contributed by atoms with van der Waals surface area (Å²) in [5, 5.41) is 8.97. The highest BCUT2D eigenvalue weighted by atomic mass is 79.9. The lowest BCUT2D eigenvalue weighted by Gasteiger charge is -2.01. The molecule has 64 valence electrons. The zero-order chi connectivity index (χ0) is 9.30. The first-order valence-corrected chi connectivity index (χ1v) is 3.80. The molecule has 0 unspecified atom stereocenters. The molecule has 0 spiro atoms. The largest absolute Gasteiger partial charge is 0.507 e. The first-order valence-electron chi connectivity index (χ1n) is 3.01. The first kappa shape index (κ1) is 8.99. The van der Waals surface area contributed by atoms with Crippen LogP contribution in [-0.2, 0) is 0 Å². The van der Waals surface area contributed by atoms with E-state index in [-0.39, 0.29) is 15.8 Å². The molecule has 1 rings (SSSR count). The number of benzene rings is 1. The van der Waals surface area contributed by atoms with Crippen molar-refractivity contribution in [2.24, 2.45) is 5.73 Å². The van der Waals surface area contributed by atoms with Crippen LogP contribution in [0.1, 0.15) is 10.4 Å². The van der Waals surface area contributed by atoms with Crippen LogP contribution in [0.4, 0.5) is 4.39 Å². The molecule has 0 aliphatic rings. The van der Waals surface area contributed by atoms with Crippen molar-refractivity contribution in [3.05, 3.63) is 28.0 Å². The van der Waals surface area contributed by atoms with Gasteiger partial charge in [-0.25, -0.2) is 4.39 Å². The molecule has 0 saturated carbocycles. The number of hydrogen-bond acceptors (Lipinski definition) is 2. The lowest BCUT2D eigenvalue weighted by Crippen LogP contribution is -2.13. The van der Waals surface area contributed by atoms with Crippen molar-refractivity contribution in [3.8, 4) is 5.75 Å². The molecule has 0 heterocycles. The van der Waals surface area contributed by atoms with Crippen LogP contribution in [-0.4, -0.2) is 11.0 Å². The van der Waals surface area contributed by atoms with Crippen molar-refractivity contribution in [2.45, 2.75) is 0 Å². The molecular formula is C7H5BrFNO2. The minimum atomic E-state index is -0.867. The van der Waals surface area contributed by atoms with Crippen molar-refractivity contribution in [1.82, 2.24) is 0 Å². The molecule has 1 aromatic carbocycles. The Labute approximate surface area is 76.1 Å². The summed E-state index contributed by atoms with van der Waals surface area (Å²) in [5.74, 6) is -1.98. The molecular weight excluding hydrogens is 229 g/mol. The van der Waals surface area contributed by atoms with Gasteiger partial charge in [-0.3, -0.25) is 4.79 Å². The van der Waals surface area contributed by atoms with Gasteiger partial charge in [0.15, 0.2) is 5.82 Å². The topological polar surface area (TPSA) is 63.3 Å². The molecule has 12 heavy (non-hydrogen) atoms. The highest BCUT2D eigenvalue weighted by Gasteiger charge is 2.13. The van der Waals surface area contributed by atoms with Gasteiger partial charge >= 0.3 is 0 Å². The van der Waals surface area contributed by atoms with Crippen LogP contribution in [0.3, 0.4) is 0 Å². The monoisotopic (exact) mass is 233 g/mol. The number of amides is 1. The number of carbonyl (C=O) groups is 1. The minimum Gasteiger partial charge on any atom is -0.507 e. The van der Waals surface area contributed by atoms with Gasteiger partial charge in [-0.05, 0) is 28.1 Å². The van der Waals surface area contributed by atoms with Crippen LogP contribution in [0.25, 0.3) is 0 Å². The lowest BCUT2D eigenvalue weighted by atomic mass is 10.2. The van der Waals surface area contributed by atoms with E-state index < -0.39 is 11.7 Å². The maximum Gasteiger partial charge on any atom is 0.251 e. The summed E-state index contributed by atoms with van der Waals surface area (Å²) >= 11 is 2.77. The third kappa shape index (κ3) is 1.40. The zero-order valence-corrected chi connectivity index (χ0v) is 7.43. The maximum absolute atomic E-state index is 13.0. The van der Waals surface area contributed by atoms with Gasteiger partial charge in [-0.2, -0.15) is 0 Å². The SMILES string of the molecule is NC(=O)c1ccc(O)c(Br)c1F. The second-order valence-electron chi connectivity index (χ2n) is 2.12. The third-order valence-corrected chi connectivity index (χ3v) is 2.08. The van der Waals surface area contributed by atoms with E-state index in [0.717, 1.165) is 6.07 Å². The van der Waals surface area contributed by atoms with E-state index in [2.05, 4.69) is 15.9 Å². The Bertz CT molecular complexity index is 340. The van der Waals surface area contributed by atoms with E-state index in [1.807, 2.05) is 0 Å². The summed E-state index contributed by atoms with van der Waals surface area (Å²) in [4.78, 5) is 10.6. The number of hydrogen-bond donors (Lipinski definition) is 2. The molecule has 0 radical (unpaired) electrons. The number of carbonyl (C=O) groups excluding carboxylic acids is 1. The Morgan fingerprint density at radius 2 is 2.17 bits per heavy atom. The predicted molar refractivity (Wildman–Crippen MR) is 44.3 cm³/mol. The van der Waals surface area contributed by atoms with Crippen molar-refractivity contribution in [1.29, 1.82) is 0 Å². The Morgan fingerprint density at radius 3 is 2.67 bits per heavy atom. The predicted octanol–water partition coefficient (Wildman–Crippen LogP) is 1.39. The van der Waals surface area contributed by atoms with Gasteiger partial charge in [-0.1, -0.05) is 0 Å². The standard InChI is InChI=1S/C7H5BrFNO2/c8-5-4(11)2-1-3(6(5)9)7(10)12/h1-2,11H,(H2,10,12). The van der Waals surface area contributed by atoms with E-state index in [9.17, 15) is 9.18 Å². The highest BCUT2D eigenvalue weighted by Crippen LogP contribution is 2.28. The van der Waals surface area contributed by atoms with Crippen LogP contribution in [0.5, 0.6) is 5.75 Å². The summed E-state index contributed by atoms with van der Waals surface area (Å²) in [7, 11) is 0. The summed E-state index contributed by atoms with van der Waals surface area (Å²) in [6.45, 7) is 0.